The quantitative estimate of drug-likeness (QED) is 0.766. The molecule has 0 aromatic heterocycles. The van der Waals surface area contributed by atoms with Gasteiger partial charge in [0, 0.05) is 34.8 Å². The SMILES string of the molecule is Cc1cccc([C@@H]2C3=C(N=C4CCCC(=O)[C@H]42)c2ccccc2C3=O)c1. The Kier molecular flexibility index (Phi) is 3.33. The number of benzene rings is 2. The third-order valence-electron chi connectivity index (χ3n) is 5.79. The van der Waals surface area contributed by atoms with Gasteiger partial charge in [-0.15, -0.1) is 0 Å². The summed E-state index contributed by atoms with van der Waals surface area (Å²) in [5.41, 5.74) is 6.26. The number of aryl methyl sites for hydroxylation is 1. The lowest BCUT2D eigenvalue weighted by Crippen LogP contribution is -2.37. The van der Waals surface area contributed by atoms with Crippen molar-refractivity contribution in [1.82, 2.24) is 0 Å². The first-order valence-electron chi connectivity index (χ1n) is 9.20. The zero-order valence-electron chi connectivity index (χ0n) is 14.7. The van der Waals surface area contributed by atoms with E-state index >= 15 is 0 Å². The van der Waals surface area contributed by atoms with Gasteiger partial charge in [-0.05, 0) is 25.3 Å². The topological polar surface area (TPSA) is 46.5 Å². The third kappa shape index (κ3) is 2.10. The lowest BCUT2D eigenvalue weighted by molar-refractivity contribution is -0.121. The molecule has 1 aliphatic heterocycles. The Morgan fingerprint density at radius 1 is 0.923 bits per heavy atom. The van der Waals surface area contributed by atoms with Crippen LogP contribution in [-0.4, -0.2) is 17.3 Å². The van der Waals surface area contributed by atoms with Crippen molar-refractivity contribution in [2.75, 3.05) is 0 Å². The number of rotatable bonds is 1. The average Bonchev–Trinajstić information content (AvgIpc) is 2.93. The second kappa shape index (κ2) is 5.60. The van der Waals surface area contributed by atoms with Crippen LogP contribution in [0.3, 0.4) is 0 Å². The molecule has 1 saturated carbocycles. The molecule has 3 nitrogen and oxygen atoms in total. The van der Waals surface area contributed by atoms with Crippen LogP contribution in [0.15, 0.2) is 59.1 Å². The van der Waals surface area contributed by atoms with Crippen molar-refractivity contribution < 1.29 is 9.59 Å². The zero-order valence-corrected chi connectivity index (χ0v) is 14.7. The smallest absolute Gasteiger partial charge is 0.192 e. The van der Waals surface area contributed by atoms with Gasteiger partial charge in [0.05, 0.1) is 11.6 Å². The molecule has 0 spiro atoms. The molecule has 5 rings (SSSR count). The van der Waals surface area contributed by atoms with Gasteiger partial charge in [-0.3, -0.25) is 14.6 Å². The van der Waals surface area contributed by atoms with Crippen molar-refractivity contribution >= 4 is 23.0 Å². The summed E-state index contributed by atoms with van der Waals surface area (Å²) >= 11 is 0. The van der Waals surface area contributed by atoms with E-state index in [0.29, 0.717) is 17.6 Å². The molecular formula is C23H19NO2. The Balaban J connectivity index is 1.77. The van der Waals surface area contributed by atoms with Gasteiger partial charge in [0.25, 0.3) is 0 Å². The van der Waals surface area contributed by atoms with Gasteiger partial charge in [0.15, 0.2) is 5.78 Å². The molecule has 128 valence electrons. The van der Waals surface area contributed by atoms with E-state index in [-0.39, 0.29) is 23.4 Å². The first-order chi connectivity index (χ1) is 12.6. The van der Waals surface area contributed by atoms with Gasteiger partial charge < -0.3 is 0 Å². The predicted octanol–water partition coefficient (Wildman–Crippen LogP) is 4.51. The maximum absolute atomic E-state index is 13.2. The number of carbonyl (C=O) groups is 2. The molecule has 0 radical (unpaired) electrons. The summed E-state index contributed by atoms with van der Waals surface area (Å²) in [5.74, 6) is -0.257. The van der Waals surface area contributed by atoms with E-state index in [1.165, 1.54) is 0 Å². The second-order valence-electron chi connectivity index (χ2n) is 7.43. The minimum absolute atomic E-state index is 0.0308. The van der Waals surface area contributed by atoms with Gasteiger partial charge in [0.2, 0.25) is 0 Å². The maximum atomic E-state index is 13.2. The van der Waals surface area contributed by atoms with E-state index in [1.54, 1.807) is 0 Å². The molecule has 3 heteroatoms. The molecule has 1 fully saturated rings. The fourth-order valence-electron chi connectivity index (χ4n) is 4.67. The van der Waals surface area contributed by atoms with E-state index in [0.717, 1.165) is 40.9 Å². The van der Waals surface area contributed by atoms with Crippen LogP contribution >= 0.6 is 0 Å². The summed E-state index contributed by atoms with van der Waals surface area (Å²) in [4.78, 5) is 31.0. The van der Waals surface area contributed by atoms with E-state index < -0.39 is 0 Å². The Bertz CT molecular complexity index is 1030. The number of hydrogen-bond acceptors (Lipinski definition) is 3. The molecule has 0 saturated heterocycles. The Morgan fingerprint density at radius 3 is 2.54 bits per heavy atom. The highest BCUT2D eigenvalue weighted by Crippen LogP contribution is 2.49. The number of aliphatic imine (C=N–C) groups is 1. The van der Waals surface area contributed by atoms with Gasteiger partial charge >= 0.3 is 0 Å². The first kappa shape index (κ1) is 15.4. The first-order valence-corrected chi connectivity index (χ1v) is 9.20. The summed E-state index contributed by atoms with van der Waals surface area (Å²) in [6.07, 6.45) is 2.27. The van der Waals surface area contributed by atoms with Gasteiger partial charge in [0.1, 0.15) is 5.78 Å². The number of ketones is 2. The van der Waals surface area contributed by atoms with Crippen LogP contribution in [0.1, 0.15) is 52.2 Å². The van der Waals surface area contributed by atoms with Crippen LogP contribution in [0.4, 0.5) is 0 Å². The van der Waals surface area contributed by atoms with Crippen LogP contribution in [0.5, 0.6) is 0 Å². The standard InChI is InChI=1S/C23H19NO2/c1-13-6-4-7-14(12-13)19-20-17(10-5-11-18(20)25)24-22-15-8-2-3-9-16(15)23(26)21(19)22/h2-4,6-9,12,19-20H,5,10-11H2,1H3/t19-,20-/m0/s1. The molecule has 0 unspecified atom stereocenters. The highest BCUT2D eigenvalue weighted by atomic mass is 16.1. The average molecular weight is 341 g/mol. The predicted molar refractivity (Wildman–Crippen MR) is 101 cm³/mol. The largest absolute Gasteiger partial charge is 0.299 e. The normalized spacial score (nSPS) is 24.1. The zero-order chi connectivity index (χ0) is 17.8. The Labute approximate surface area is 152 Å². The summed E-state index contributed by atoms with van der Waals surface area (Å²) in [6, 6.07) is 15.9. The summed E-state index contributed by atoms with van der Waals surface area (Å²) < 4.78 is 0. The van der Waals surface area contributed by atoms with Gasteiger partial charge in [-0.2, -0.15) is 0 Å². The third-order valence-corrected chi connectivity index (χ3v) is 5.79. The van der Waals surface area contributed by atoms with Crippen LogP contribution in [-0.2, 0) is 4.79 Å². The fraction of sp³-hybridized carbons (Fsp3) is 0.261. The summed E-state index contributed by atoms with van der Waals surface area (Å²) in [6.45, 7) is 2.05. The van der Waals surface area contributed by atoms with Crippen LogP contribution < -0.4 is 0 Å². The molecule has 26 heavy (non-hydrogen) atoms. The monoisotopic (exact) mass is 341 g/mol. The summed E-state index contributed by atoms with van der Waals surface area (Å²) in [7, 11) is 0. The lowest BCUT2D eigenvalue weighted by atomic mass is 9.69. The van der Waals surface area contributed by atoms with E-state index in [1.807, 2.05) is 49.4 Å². The van der Waals surface area contributed by atoms with Crippen molar-refractivity contribution in [3.8, 4) is 0 Å². The number of fused-ring (bicyclic) bond motifs is 3. The van der Waals surface area contributed by atoms with Gasteiger partial charge in [-0.1, -0.05) is 54.1 Å². The molecule has 2 aromatic rings. The highest BCUT2D eigenvalue weighted by molar-refractivity contribution is 6.25. The van der Waals surface area contributed by atoms with E-state index in [2.05, 4.69) is 6.07 Å². The van der Waals surface area contributed by atoms with Crippen molar-refractivity contribution in [2.24, 2.45) is 10.9 Å². The molecule has 0 amide bonds. The maximum Gasteiger partial charge on any atom is 0.192 e. The van der Waals surface area contributed by atoms with Crippen LogP contribution in [0.2, 0.25) is 0 Å². The minimum Gasteiger partial charge on any atom is -0.299 e. The van der Waals surface area contributed by atoms with Crippen molar-refractivity contribution in [2.45, 2.75) is 32.1 Å². The Hall–Kier alpha value is -2.81. The van der Waals surface area contributed by atoms with Crippen molar-refractivity contribution in [1.29, 1.82) is 0 Å². The second-order valence-corrected chi connectivity index (χ2v) is 7.43. The Morgan fingerprint density at radius 2 is 1.73 bits per heavy atom. The minimum atomic E-state index is -0.289. The fourth-order valence-corrected chi connectivity index (χ4v) is 4.67. The van der Waals surface area contributed by atoms with Crippen molar-refractivity contribution in [3.05, 3.63) is 76.4 Å². The number of Topliss-reactive ketones (excluding diaryl/α,β-unsaturated/α-hetero) is 2. The highest BCUT2D eigenvalue weighted by Gasteiger charge is 2.46. The molecule has 2 aliphatic carbocycles. The lowest BCUT2D eigenvalue weighted by Gasteiger charge is -2.35. The molecule has 1 heterocycles. The molecule has 2 atom stereocenters. The van der Waals surface area contributed by atoms with E-state index in [9.17, 15) is 9.59 Å². The van der Waals surface area contributed by atoms with Gasteiger partial charge in [-0.25, -0.2) is 0 Å². The van der Waals surface area contributed by atoms with Crippen LogP contribution in [0.25, 0.3) is 5.70 Å². The number of hydrogen-bond donors (Lipinski definition) is 0. The van der Waals surface area contributed by atoms with Crippen molar-refractivity contribution in [3.63, 3.8) is 0 Å². The van der Waals surface area contributed by atoms with Crippen LogP contribution in [0, 0.1) is 12.8 Å². The molecule has 0 N–H and O–H groups in total. The molecule has 3 aliphatic rings. The number of carbonyl (C=O) groups excluding carboxylic acids is 2. The number of nitrogens with zero attached hydrogens (tertiary/aromatic N) is 1. The number of allylic oxidation sites excluding steroid dienone is 1. The molecular weight excluding hydrogens is 322 g/mol. The summed E-state index contributed by atoms with van der Waals surface area (Å²) in [5, 5.41) is 0. The van der Waals surface area contributed by atoms with E-state index in [4.69, 9.17) is 4.99 Å². The molecule has 2 aromatic carbocycles. The molecule has 0 bridgehead atoms.